The van der Waals surface area contributed by atoms with Crippen LogP contribution in [0, 0.1) is 0 Å². The molecule has 1 aromatic heterocycles. The molecule has 2 rings (SSSR count). The van der Waals surface area contributed by atoms with Gasteiger partial charge in [-0.3, -0.25) is 9.78 Å². The molecule has 0 bridgehead atoms. The van der Waals surface area contributed by atoms with E-state index in [0.717, 1.165) is 6.20 Å². The van der Waals surface area contributed by atoms with Gasteiger partial charge in [0.25, 0.3) is 5.56 Å². The Kier molecular flexibility index (Phi) is 3.09. The zero-order valence-corrected chi connectivity index (χ0v) is 8.59. The van der Waals surface area contributed by atoms with Gasteiger partial charge < -0.3 is 19.9 Å². The summed E-state index contributed by atoms with van der Waals surface area (Å²) in [6, 6.07) is 0. The second-order valence-electron chi connectivity index (χ2n) is 3.74. The minimum Gasteiger partial charge on any atom is -0.394 e. The van der Waals surface area contributed by atoms with Gasteiger partial charge in [-0.2, -0.15) is 0 Å². The average molecular weight is 246 g/mol. The highest BCUT2D eigenvalue weighted by Gasteiger charge is 2.45. The lowest BCUT2D eigenvalue weighted by Crippen LogP contribution is -2.31. The van der Waals surface area contributed by atoms with Crippen LogP contribution in [0.15, 0.2) is 15.8 Å². The quantitative estimate of drug-likeness (QED) is 0.491. The first-order valence-electron chi connectivity index (χ1n) is 4.95. The highest BCUT2D eigenvalue weighted by molar-refractivity contribution is 5.13. The molecule has 1 aromatic rings. The van der Waals surface area contributed by atoms with Crippen molar-refractivity contribution in [3.8, 4) is 0 Å². The standard InChI is InChI=1S/C9H11FN2O5/c10-5-6(14)4(2-13)17-7(5)3-1-11-9(16)12-8(3)15/h1,4-7,13-14H,2H2,(H2,11,12,15,16). The molecule has 1 fully saturated rings. The number of hydrogen-bond acceptors (Lipinski definition) is 5. The van der Waals surface area contributed by atoms with Crippen LogP contribution in [-0.2, 0) is 4.74 Å². The maximum Gasteiger partial charge on any atom is 0.325 e. The summed E-state index contributed by atoms with van der Waals surface area (Å²) in [6.07, 6.45) is -4.69. The molecule has 4 N–H and O–H groups in total. The van der Waals surface area contributed by atoms with Crippen molar-refractivity contribution >= 4 is 0 Å². The van der Waals surface area contributed by atoms with E-state index in [9.17, 15) is 19.1 Å². The number of aromatic nitrogens is 2. The molecule has 2 heterocycles. The highest BCUT2D eigenvalue weighted by atomic mass is 19.1. The SMILES string of the molecule is O=c1[nH]cc(C2OC(CO)C(O)C2F)c(=O)[nH]1. The summed E-state index contributed by atoms with van der Waals surface area (Å²) in [5, 5.41) is 18.2. The molecule has 0 spiro atoms. The first-order chi connectivity index (χ1) is 8.04. The van der Waals surface area contributed by atoms with Gasteiger partial charge in [0.2, 0.25) is 0 Å². The summed E-state index contributed by atoms with van der Waals surface area (Å²) in [5.41, 5.74) is -1.63. The summed E-state index contributed by atoms with van der Waals surface area (Å²) >= 11 is 0. The highest BCUT2D eigenvalue weighted by Crippen LogP contribution is 2.33. The molecular weight excluding hydrogens is 235 g/mol. The van der Waals surface area contributed by atoms with Gasteiger partial charge in [-0.1, -0.05) is 0 Å². The number of aliphatic hydroxyl groups is 2. The van der Waals surface area contributed by atoms with Crippen LogP contribution in [-0.4, -0.2) is 45.2 Å². The van der Waals surface area contributed by atoms with E-state index < -0.39 is 42.3 Å². The average Bonchev–Trinajstić information content (AvgIpc) is 2.57. The number of aliphatic hydroxyl groups excluding tert-OH is 2. The molecule has 1 aliphatic rings. The molecule has 94 valence electrons. The van der Waals surface area contributed by atoms with Crippen molar-refractivity contribution < 1.29 is 19.3 Å². The first kappa shape index (κ1) is 12.0. The van der Waals surface area contributed by atoms with E-state index in [1.54, 1.807) is 0 Å². The van der Waals surface area contributed by atoms with Crippen molar-refractivity contribution in [2.75, 3.05) is 6.61 Å². The molecule has 17 heavy (non-hydrogen) atoms. The van der Waals surface area contributed by atoms with Crippen molar-refractivity contribution in [3.63, 3.8) is 0 Å². The first-order valence-corrected chi connectivity index (χ1v) is 4.95. The number of rotatable bonds is 2. The lowest BCUT2D eigenvalue weighted by molar-refractivity contribution is -0.0230. The molecule has 4 atom stereocenters. The van der Waals surface area contributed by atoms with Gasteiger partial charge in [-0.05, 0) is 0 Å². The van der Waals surface area contributed by atoms with Crippen LogP contribution < -0.4 is 11.2 Å². The third kappa shape index (κ3) is 2.02. The number of nitrogens with one attached hydrogen (secondary N) is 2. The lowest BCUT2D eigenvalue weighted by atomic mass is 10.1. The Bertz CT molecular complexity index is 513. The molecule has 0 radical (unpaired) electrons. The Balaban J connectivity index is 2.35. The van der Waals surface area contributed by atoms with Crippen LogP contribution in [0.5, 0.6) is 0 Å². The minimum atomic E-state index is -1.83. The van der Waals surface area contributed by atoms with E-state index in [0.29, 0.717) is 0 Å². The molecule has 0 aliphatic carbocycles. The lowest BCUT2D eigenvalue weighted by Gasteiger charge is -2.11. The fourth-order valence-corrected chi connectivity index (χ4v) is 1.76. The van der Waals surface area contributed by atoms with E-state index >= 15 is 0 Å². The van der Waals surface area contributed by atoms with Crippen LogP contribution in [0.2, 0.25) is 0 Å². The molecule has 7 nitrogen and oxygen atoms in total. The van der Waals surface area contributed by atoms with E-state index in [-0.39, 0.29) is 5.56 Å². The Morgan fingerprint density at radius 3 is 2.71 bits per heavy atom. The molecule has 0 aromatic carbocycles. The molecule has 1 saturated heterocycles. The number of alkyl halides is 1. The molecule has 4 unspecified atom stereocenters. The van der Waals surface area contributed by atoms with Gasteiger partial charge in [0.1, 0.15) is 18.3 Å². The van der Waals surface area contributed by atoms with Gasteiger partial charge >= 0.3 is 5.69 Å². The topological polar surface area (TPSA) is 115 Å². The van der Waals surface area contributed by atoms with Crippen LogP contribution in [0.1, 0.15) is 11.7 Å². The van der Waals surface area contributed by atoms with Gasteiger partial charge in [-0.15, -0.1) is 0 Å². The van der Waals surface area contributed by atoms with Crippen LogP contribution in [0.4, 0.5) is 4.39 Å². The van der Waals surface area contributed by atoms with Crippen LogP contribution in [0.25, 0.3) is 0 Å². The van der Waals surface area contributed by atoms with E-state index in [4.69, 9.17) is 9.84 Å². The number of hydrogen-bond donors (Lipinski definition) is 4. The van der Waals surface area contributed by atoms with Crippen molar-refractivity contribution in [2.45, 2.75) is 24.5 Å². The van der Waals surface area contributed by atoms with Gasteiger partial charge in [0.15, 0.2) is 6.17 Å². The second-order valence-corrected chi connectivity index (χ2v) is 3.74. The van der Waals surface area contributed by atoms with E-state index in [2.05, 4.69) is 4.98 Å². The molecule has 1 aliphatic heterocycles. The third-order valence-electron chi connectivity index (χ3n) is 2.65. The summed E-state index contributed by atoms with van der Waals surface area (Å²) in [4.78, 5) is 26.3. The number of H-pyrrole nitrogens is 2. The Morgan fingerprint density at radius 2 is 2.18 bits per heavy atom. The fraction of sp³-hybridized carbons (Fsp3) is 0.556. The Morgan fingerprint density at radius 1 is 1.47 bits per heavy atom. The molecule has 0 saturated carbocycles. The zero-order chi connectivity index (χ0) is 12.6. The fourth-order valence-electron chi connectivity index (χ4n) is 1.76. The smallest absolute Gasteiger partial charge is 0.325 e. The summed E-state index contributed by atoms with van der Waals surface area (Å²) in [5.74, 6) is 0. The minimum absolute atomic E-state index is 0.132. The van der Waals surface area contributed by atoms with Crippen LogP contribution in [0.3, 0.4) is 0 Å². The van der Waals surface area contributed by atoms with Crippen molar-refractivity contribution in [1.29, 1.82) is 0 Å². The number of halogens is 1. The predicted octanol–water partition coefficient (Wildman–Crippen LogP) is -1.81. The van der Waals surface area contributed by atoms with Gasteiger partial charge in [0, 0.05) is 6.20 Å². The van der Waals surface area contributed by atoms with Crippen molar-refractivity contribution in [2.24, 2.45) is 0 Å². The maximum atomic E-state index is 13.7. The monoisotopic (exact) mass is 246 g/mol. The molecule has 8 heteroatoms. The van der Waals surface area contributed by atoms with Crippen molar-refractivity contribution in [1.82, 2.24) is 9.97 Å². The third-order valence-corrected chi connectivity index (χ3v) is 2.65. The number of aromatic amines is 2. The normalized spacial score (nSPS) is 32.9. The van der Waals surface area contributed by atoms with Crippen molar-refractivity contribution in [3.05, 3.63) is 32.6 Å². The van der Waals surface area contributed by atoms with Crippen LogP contribution >= 0.6 is 0 Å². The zero-order valence-electron chi connectivity index (χ0n) is 8.59. The maximum absolute atomic E-state index is 13.7. The number of ether oxygens (including phenoxy) is 1. The van der Waals surface area contributed by atoms with E-state index in [1.165, 1.54) is 0 Å². The second kappa shape index (κ2) is 4.40. The summed E-state index contributed by atoms with van der Waals surface area (Å²) in [7, 11) is 0. The van der Waals surface area contributed by atoms with E-state index in [1.807, 2.05) is 4.98 Å². The Labute approximate surface area is 93.9 Å². The molecule has 0 amide bonds. The van der Waals surface area contributed by atoms with Gasteiger partial charge in [0.05, 0.1) is 12.2 Å². The summed E-state index contributed by atoms with van der Waals surface area (Å²) in [6.45, 7) is -0.556. The summed E-state index contributed by atoms with van der Waals surface area (Å²) < 4.78 is 18.7. The Hall–Kier alpha value is -1.51. The van der Waals surface area contributed by atoms with Gasteiger partial charge in [-0.25, -0.2) is 9.18 Å². The molecular formula is C9H11FN2O5. The largest absolute Gasteiger partial charge is 0.394 e. The predicted molar refractivity (Wildman–Crippen MR) is 53.3 cm³/mol.